The Balaban J connectivity index is 1.37. The summed E-state index contributed by atoms with van der Waals surface area (Å²) in [4.78, 5) is 30.8. The molecule has 0 saturated carbocycles. The van der Waals surface area contributed by atoms with Gasteiger partial charge >= 0.3 is 0 Å². The lowest BCUT2D eigenvalue weighted by molar-refractivity contribution is -0.133. The summed E-state index contributed by atoms with van der Waals surface area (Å²) in [6.45, 7) is 2.65. The van der Waals surface area contributed by atoms with E-state index in [2.05, 4.69) is 15.4 Å². The molecule has 1 N–H and O–H groups in total. The first-order chi connectivity index (χ1) is 15.6. The van der Waals surface area contributed by atoms with E-state index >= 15 is 0 Å². The van der Waals surface area contributed by atoms with Crippen LogP contribution in [-0.2, 0) is 22.7 Å². The summed E-state index contributed by atoms with van der Waals surface area (Å²) in [6.07, 6.45) is 7.72. The zero-order chi connectivity index (χ0) is 22.8. The van der Waals surface area contributed by atoms with E-state index in [1.165, 1.54) is 6.33 Å². The minimum absolute atomic E-state index is 0.0131. The van der Waals surface area contributed by atoms with Crippen LogP contribution >= 0.6 is 0 Å². The fourth-order valence-corrected chi connectivity index (χ4v) is 4.04. The predicted molar refractivity (Wildman–Crippen MR) is 119 cm³/mol. The van der Waals surface area contributed by atoms with Crippen LogP contribution in [0.25, 0.3) is 0 Å². The van der Waals surface area contributed by atoms with Gasteiger partial charge in [-0.3, -0.25) is 14.3 Å². The van der Waals surface area contributed by atoms with Gasteiger partial charge in [0.1, 0.15) is 24.2 Å². The molecule has 2 aromatic rings. The number of carbonyl (C=O) groups is 2. The van der Waals surface area contributed by atoms with Gasteiger partial charge < -0.3 is 19.7 Å². The van der Waals surface area contributed by atoms with Gasteiger partial charge in [-0.15, -0.1) is 0 Å². The number of hydrogen-bond donors (Lipinski definition) is 1. The number of hydrogen-bond acceptors (Lipinski definition) is 6. The highest BCUT2D eigenvalue weighted by Crippen LogP contribution is 2.25. The van der Waals surface area contributed by atoms with Crippen LogP contribution in [0.4, 0.5) is 0 Å². The molecular weight excluding hydrogens is 410 g/mol. The summed E-state index contributed by atoms with van der Waals surface area (Å²) < 4.78 is 12.3. The van der Waals surface area contributed by atoms with Crippen molar-refractivity contribution in [3.8, 4) is 11.5 Å². The predicted octanol–water partition coefficient (Wildman–Crippen LogP) is 2.41. The fraction of sp³-hybridized carbons (Fsp3) is 0.565. The monoisotopic (exact) mass is 443 g/mol. The first kappa shape index (κ1) is 23.6. The second-order valence-corrected chi connectivity index (χ2v) is 8.10. The molecule has 1 aromatic carbocycles. The van der Waals surface area contributed by atoms with Crippen molar-refractivity contribution in [2.45, 2.75) is 51.6 Å². The average molecular weight is 444 g/mol. The molecule has 3 rings (SSSR count). The number of methoxy groups -OCH3 is 2. The second kappa shape index (κ2) is 12.1. The molecule has 1 aliphatic rings. The molecule has 9 heteroatoms. The Morgan fingerprint density at radius 1 is 1.22 bits per heavy atom. The van der Waals surface area contributed by atoms with Crippen molar-refractivity contribution in [3.05, 3.63) is 36.4 Å². The van der Waals surface area contributed by atoms with Crippen molar-refractivity contribution < 1.29 is 19.1 Å². The van der Waals surface area contributed by atoms with Crippen molar-refractivity contribution in [2.75, 3.05) is 27.3 Å². The van der Waals surface area contributed by atoms with Crippen LogP contribution in [0.15, 0.2) is 30.9 Å². The van der Waals surface area contributed by atoms with Crippen molar-refractivity contribution in [3.63, 3.8) is 0 Å². The quantitative estimate of drug-likeness (QED) is 0.573. The number of likely N-dealkylation sites (tertiary alicyclic amines) is 1. The number of nitrogens with one attached hydrogen (secondary N) is 1. The molecule has 32 heavy (non-hydrogen) atoms. The Morgan fingerprint density at radius 3 is 2.84 bits per heavy atom. The van der Waals surface area contributed by atoms with Crippen LogP contribution in [0.5, 0.6) is 11.5 Å². The van der Waals surface area contributed by atoms with Gasteiger partial charge in [-0.25, -0.2) is 4.98 Å². The molecule has 1 atom stereocenters. The van der Waals surface area contributed by atoms with Gasteiger partial charge in [0.05, 0.1) is 14.2 Å². The van der Waals surface area contributed by atoms with Crippen LogP contribution in [0.3, 0.4) is 0 Å². The maximum Gasteiger partial charge on any atom is 0.222 e. The zero-order valence-electron chi connectivity index (χ0n) is 19.0. The summed E-state index contributed by atoms with van der Waals surface area (Å²) in [5.74, 6) is 1.97. The van der Waals surface area contributed by atoms with E-state index in [4.69, 9.17) is 9.47 Å². The highest BCUT2D eigenvalue weighted by atomic mass is 16.5. The second-order valence-electron chi connectivity index (χ2n) is 8.10. The Morgan fingerprint density at radius 2 is 2.09 bits per heavy atom. The number of carbonyl (C=O) groups excluding carboxylic acids is 2. The van der Waals surface area contributed by atoms with Crippen molar-refractivity contribution in [1.29, 1.82) is 0 Å². The first-order valence-corrected chi connectivity index (χ1v) is 11.2. The van der Waals surface area contributed by atoms with Gasteiger partial charge in [0.25, 0.3) is 0 Å². The van der Waals surface area contributed by atoms with Crippen LogP contribution in [0, 0.1) is 5.92 Å². The number of aryl methyl sites for hydroxylation is 1. The van der Waals surface area contributed by atoms with Crippen LogP contribution in [0.2, 0.25) is 0 Å². The maximum atomic E-state index is 12.6. The van der Waals surface area contributed by atoms with E-state index in [0.29, 0.717) is 43.3 Å². The topological polar surface area (TPSA) is 98.6 Å². The largest absolute Gasteiger partial charge is 0.497 e. The van der Waals surface area contributed by atoms with E-state index < -0.39 is 0 Å². The number of ether oxygens (including phenoxy) is 2. The average Bonchev–Trinajstić information content (AvgIpc) is 3.35. The van der Waals surface area contributed by atoms with E-state index in [1.807, 2.05) is 17.0 Å². The van der Waals surface area contributed by atoms with Gasteiger partial charge in [-0.1, -0.05) is 0 Å². The van der Waals surface area contributed by atoms with Crippen LogP contribution in [0.1, 0.15) is 44.1 Å². The van der Waals surface area contributed by atoms with Gasteiger partial charge in [0.2, 0.25) is 11.8 Å². The molecular formula is C23H33N5O4. The summed E-state index contributed by atoms with van der Waals surface area (Å²) in [6, 6.07) is 5.55. The van der Waals surface area contributed by atoms with Gasteiger partial charge in [-0.05, 0) is 43.7 Å². The number of amides is 2. The molecule has 1 fully saturated rings. The SMILES string of the molecule is COc1ccc(CNC(=O)CCC2CCCN(C(=O)CCCn3cncn3)C2)c(OC)c1. The Bertz CT molecular complexity index is 871. The third kappa shape index (κ3) is 6.96. The highest BCUT2D eigenvalue weighted by Gasteiger charge is 2.23. The normalized spacial score (nSPS) is 15.9. The molecule has 0 bridgehead atoms. The van der Waals surface area contributed by atoms with Crippen LogP contribution < -0.4 is 14.8 Å². The number of piperidine rings is 1. The lowest BCUT2D eigenvalue weighted by Crippen LogP contribution is -2.40. The number of benzene rings is 1. The standard InChI is InChI=1S/C23H33N5O4/c1-31-20-9-8-19(21(13-20)32-2)14-25-22(29)10-7-18-5-3-11-27(15-18)23(30)6-4-12-28-17-24-16-26-28/h8-9,13,16-18H,3-7,10-12,14-15H2,1-2H3,(H,25,29). The van der Waals surface area contributed by atoms with Crippen molar-refractivity contribution in [2.24, 2.45) is 5.92 Å². The molecule has 0 aliphatic carbocycles. The highest BCUT2D eigenvalue weighted by molar-refractivity contribution is 5.76. The minimum Gasteiger partial charge on any atom is -0.497 e. The van der Waals surface area contributed by atoms with Gasteiger partial charge in [0, 0.05) is 50.7 Å². The smallest absolute Gasteiger partial charge is 0.222 e. The first-order valence-electron chi connectivity index (χ1n) is 11.2. The third-order valence-electron chi connectivity index (χ3n) is 5.87. The van der Waals surface area contributed by atoms with Gasteiger partial charge in [0.15, 0.2) is 0 Å². The van der Waals surface area contributed by atoms with E-state index in [9.17, 15) is 9.59 Å². The molecule has 2 heterocycles. The maximum absolute atomic E-state index is 12.6. The Hall–Kier alpha value is -3.10. The minimum atomic E-state index is 0.0131. The fourth-order valence-electron chi connectivity index (χ4n) is 4.04. The van der Waals surface area contributed by atoms with Crippen molar-refractivity contribution in [1.82, 2.24) is 25.0 Å². The molecule has 1 saturated heterocycles. The summed E-state index contributed by atoms with van der Waals surface area (Å²) in [7, 11) is 3.21. The molecule has 1 aromatic heterocycles. The summed E-state index contributed by atoms with van der Waals surface area (Å²) in [5, 5.41) is 7.03. The lowest BCUT2D eigenvalue weighted by atomic mass is 9.93. The zero-order valence-corrected chi connectivity index (χ0v) is 19.0. The Labute approximate surface area is 189 Å². The Kier molecular flexibility index (Phi) is 8.89. The summed E-state index contributed by atoms with van der Waals surface area (Å²) >= 11 is 0. The number of nitrogens with zero attached hydrogens (tertiary/aromatic N) is 4. The third-order valence-corrected chi connectivity index (χ3v) is 5.87. The summed E-state index contributed by atoms with van der Waals surface area (Å²) in [5.41, 5.74) is 0.905. The molecule has 0 spiro atoms. The molecule has 9 nitrogen and oxygen atoms in total. The van der Waals surface area contributed by atoms with E-state index in [1.54, 1.807) is 31.3 Å². The van der Waals surface area contributed by atoms with Crippen molar-refractivity contribution >= 4 is 11.8 Å². The molecule has 0 radical (unpaired) electrons. The van der Waals surface area contributed by atoms with Gasteiger partial charge in [-0.2, -0.15) is 5.10 Å². The number of rotatable bonds is 11. The van der Waals surface area contributed by atoms with E-state index in [0.717, 1.165) is 44.3 Å². The lowest BCUT2D eigenvalue weighted by Gasteiger charge is -2.33. The van der Waals surface area contributed by atoms with E-state index in [-0.39, 0.29) is 11.8 Å². The molecule has 174 valence electrons. The van der Waals surface area contributed by atoms with Crippen LogP contribution in [-0.4, -0.2) is 58.8 Å². The molecule has 1 unspecified atom stereocenters. The molecule has 1 aliphatic heterocycles. The molecule has 2 amide bonds. The number of aromatic nitrogens is 3.